The highest BCUT2D eigenvalue weighted by atomic mass is 16.5. The van der Waals surface area contributed by atoms with Crippen LogP contribution in [-0.4, -0.2) is 20.5 Å². The predicted molar refractivity (Wildman–Crippen MR) is 98.9 cm³/mol. The third-order valence-electron chi connectivity index (χ3n) is 4.14. The van der Waals surface area contributed by atoms with Gasteiger partial charge in [-0.1, -0.05) is 30.3 Å². The van der Waals surface area contributed by atoms with Gasteiger partial charge >= 0.3 is 0 Å². The Labute approximate surface area is 147 Å². The highest BCUT2D eigenvalue weighted by molar-refractivity contribution is 5.68. The van der Waals surface area contributed by atoms with E-state index in [1.807, 2.05) is 49.1 Å². The molecule has 3 aromatic rings. The number of ether oxygens (including phenoxy) is 1. The first-order valence-corrected chi connectivity index (χ1v) is 8.42. The highest BCUT2D eigenvalue weighted by Crippen LogP contribution is 2.30. The number of rotatable bonds is 5. The second-order valence-corrected chi connectivity index (χ2v) is 6.46. The van der Waals surface area contributed by atoms with Gasteiger partial charge in [-0.3, -0.25) is 9.48 Å². The van der Waals surface area contributed by atoms with Crippen LogP contribution in [0.3, 0.4) is 0 Å². The molecule has 0 aliphatic carbocycles. The van der Waals surface area contributed by atoms with E-state index in [2.05, 4.69) is 24.2 Å². The lowest BCUT2D eigenvalue weighted by molar-refractivity contribution is 0.242. The first-order valence-electron chi connectivity index (χ1n) is 8.42. The molecule has 0 spiro atoms. The maximum atomic E-state index is 12.0. The minimum atomic E-state index is -0.0931. The van der Waals surface area contributed by atoms with Gasteiger partial charge in [-0.15, -0.1) is 0 Å². The van der Waals surface area contributed by atoms with E-state index in [1.54, 1.807) is 17.8 Å². The Morgan fingerprint density at radius 2 is 1.80 bits per heavy atom. The van der Waals surface area contributed by atoms with E-state index < -0.39 is 0 Å². The van der Waals surface area contributed by atoms with Crippen molar-refractivity contribution in [1.29, 1.82) is 0 Å². The molecule has 130 valence electrons. The van der Waals surface area contributed by atoms with Gasteiger partial charge in [0.25, 0.3) is 5.56 Å². The average molecular weight is 337 g/mol. The SMILES string of the molecule is CC(C)Oc1cc(=O)n(C)cc1-c1cnn([C@H](C)c2ccccc2)c1. The van der Waals surface area contributed by atoms with Crippen LogP contribution in [0.25, 0.3) is 11.1 Å². The summed E-state index contributed by atoms with van der Waals surface area (Å²) in [4.78, 5) is 12.0. The molecule has 0 radical (unpaired) electrons. The molecular weight excluding hydrogens is 314 g/mol. The van der Waals surface area contributed by atoms with Crippen LogP contribution in [-0.2, 0) is 7.05 Å². The summed E-state index contributed by atoms with van der Waals surface area (Å²) in [5.74, 6) is 0.588. The van der Waals surface area contributed by atoms with E-state index in [-0.39, 0.29) is 17.7 Å². The molecule has 0 fully saturated rings. The highest BCUT2D eigenvalue weighted by Gasteiger charge is 2.15. The topological polar surface area (TPSA) is 49.1 Å². The van der Waals surface area contributed by atoms with Crippen molar-refractivity contribution >= 4 is 0 Å². The molecule has 2 heterocycles. The molecule has 25 heavy (non-hydrogen) atoms. The van der Waals surface area contributed by atoms with Crippen LogP contribution in [0, 0.1) is 0 Å². The number of benzene rings is 1. The second kappa shape index (κ2) is 6.97. The van der Waals surface area contributed by atoms with Crippen LogP contribution >= 0.6 is 0 Å². The van der Waals surface area contributed by atoms with Crippen LogP contribution in [0.15, 0.2) is 59.8 Å². The maximum Gasteiger partial charge on any atom is 0.254 e. The molecule has 0 bridgehead atoms. The zero-order valence-electron chi connectivity index (χ0n) is 15.0. The molecule has 0 unspecified atom stereocenters. The zero-order valence-corrected chi connectivity index (χ0v) is 15.0. The molecule has 3 rings (SSSR count). The largest absolute Gasteiger partial charge is 0.490 e. The third-order valence-corrected chi connectivity index (χ3v) is 4.14. The minimum Gasteiger partial charge on any atom is -0.490 e. The summed E-state index contributed by atoms with van der Waals surface area (Å²) >= 11 is 0. The van der Waals surface area contributed by atoms with Crippen molar-refractivity contribution in [2.45, 2.75) is 32.9 Å². The first kappa shape index (κ1) is 17.0. The van der Waals surface area contributed by atoms with Crippen LogP contribution in [0.5, 0.6) is 5.75 Å². The van der Waals surface area contributed by atoms with Crippen molar-refractivity contribution in [2.75, 3.05) is 0 Å². The molecule has 0 saturated heterocycles. The molecule has 0 N–H and O–H groups in total. The number of hydrogen-bond donors (Lipinski definition) is 0. The fraction of sp³-hybridized carbons (Fsp3) is 0.300. The summed E-state index contributed by atoms with van der Waals surface area (Å²) in [5, 5.41) is 4.51. The van der Waals surface area contributed by atoms with Gasteiger partial charge in [0.1, 0.15) is 5.75 Å². The Morgan fingerprint density at radius 3 is 2.48 bits per heavy atom. The van der Waals surface area contributed by atoms with Crippen molar-refractivity contribution in [2.24, 2.45) is 7.05 Å². The van der Waals surface area contributed by atoms with E-state index in [0.717, 1.165) is 11.1 Å². The quantitative estimate of drug-likeness (QED) is 0.714. The summed E-state index contributed by atoms with van der Waals surface area (Å²) in [5.41, 5.74) is 2.89. The van der Waals surface area contributed by atoms with Gasteiger partial charge in [0.2, 0.25) is 0 Å². The van der Waals surface area contributed by atoms with Gasteiger partial charge in [-0.05, 0) is 26.3 Å². The average Bonchev–Trinajstić information content (AvgIpc) is 3.07. The Hall–Kier alpha value is -2.82. The molecule has 1 atom stereocenters. The molecule has 0 saturated carbocycles. The van der Waals surface area contributed by atoms with Crippen molar-refractivity contribution in [3.63, 3.8) is 0 Å². The third kappa shape index (κ3) is 3.65. The van der Waals surface area contributed by atoms with Crippen molar-refractivity contribution in [1.82, 2.24) is 14.3 Å². The van der Waals surface area contributed by atoms with Crippen LogP contribution in [0.1, 0.15) is 32.4 Å². The molecule has 5 heteroatoms. The van der Waals surface area contributed by atoms with Crippen molar-refractivity contribution < 1.29 is 4.74 Å². The van der Waals surface area contributed by atoms with Crippen LogP contribution in [0.4, 0.5) is 0 Å². The standard InChI is InChI=1S/C20H23N3O2/c1-14(2)25-19-10-20(24)22(4)13-18(19)17-11-21-23(12-17)15(3)16-8-6-5-7-9-16/h5-15H,1-4H3/t15-/m1/s1. The molecule has 0 amide bonds. The van der Waals surface area contributed by atoms with Gasteiger partial charge in [0, 0.05) is 36.6 Å². The Balaban J connectivity index is 1.99. The number of aryl methyl sites for hydroxylation is 1. The van der Waals surface area contributed by atoms with Crippen molar-refractivity contribution in [3.05, 3.63) is 70.9 Å². The Morgan fingerprint density at radius 1 is 1.08 bits per heavy atom. The Bertz CT molecular complexity index is 910. The van der Waals surface area contributed by atoms with E-state index in [9.17, 15) is 4.79 Å². The van der Waals surface area contributed by atoms with E-state index in [1.165, 1.54) is 11.6 Å². The molecule has 1 aromatic carbocycles. The summed E-state index contributed by atoms with van der Waals surface area (Å²) in [6.45, 7) is 6.00. The van der Waals surface area contributed by atoms with E-state index in [0.29, 0.717) is 5.75 Å². The second-order valence-electron chi connectivity index (χ2n) is 6.46. The molecule has 5 nitrogen and oxygen atoms in total. The van der Waals surface area contributed by atoms with Gasteiger partial charge in [0.05, 0.1) is 18.3 Å². The predicted octanol–water partition coefficient (Wildman–Crippen LogP) is 3.65. The molecule has 2 aromatic heterocycles. The smallest absolute Gasteiger partial charge is 0.254 e. The normalized spacial score (nSPS) is 12.4. The van der Waals surface area contributed by atoms with E-state index in [4.69, 9.17) is 4.74 Å². The lowest BCUT2D eigenvalue weighted by Crippen LogP contribution is -2.17. The Kier molecular flexibility index (Phi) is 4.74. The van der Waals surface area contributed by atoms with E-state index >= 15 is 0 Å². The summed E-state index contributed by atoms with van der Waals surface area (Å²) in [6, 6.07) is 11.9. The maximum absolute atomic E-state index is 12.0. The van der Waals surface area contributed by atoms with Gasteiger partial charge in [-0.2, -0.15) is 5.10 Å². The summed E-state index contributed by atoms with van der Waals surface area (Å²) in [7, 11) is 1.74. The molecule has 0 aliphatic heterocycles. The van der Waals surface area contributed by atoms with Gasteiger partial charge < -0.3 is 9.30 Å². The lowest BCUT2D eigenvalue weighted by Gasteiger charge is -2.14. The van der Waals surface area contributed by atoms with Gasteiger partial charge in [-0.25, -0.2) is 0 Å². The number of nitrogens with zero attached hydrogens (tertiary/aromatic N) is 3. The number of pyridine rings is 1. The molecular formula is C20H23N3O2. The van der Waals surface area contributed by atoms with Crippen LogP contribution < -0.4 is 10.3 Å². The summed E-state index contributed by atoms with van der Waals surface area (Å²) in [6.07, 6.45) is 5.59. The van der Waals surface area contributed by atoms with Crippen molar-refractivity contribution in [3.8, 4) is 16.9 Å². The van der Waals surface area contributed by atoms with Crippen LogP contribution in [0.2, 0.25) is 0 Å². The fourth-order valence-electron chi connectivity index (χ4n) is 2.75. The molecule has 0 aliphatic rings. The number of aromatic nitrogens is 3. The fourth-order valence-corrected chi connectivity index (χ4v) is 2.75. The monoisotopic (exact) mass is 337 g/mol. The van der Waals surface area contributed by atoms with Gasteiger partial charge in [0.15, 0.2) is 0 Å². The summed E-state index contributed by atoms with van der Waals surface area (Å²) < 4.78 is 9.32. The minimum absolute atomic E-state index is 0.0101. The lowest BCUT2D eigenvalue weighted by atomic mass is 10.1. The first-order chi connectivity index (χ1) is 12.0. The number of hydrogen-bond acceptors (Lipinski definition) is 3. The zero-order chi connectivity index (χ0) is 18.0.